The van der Waals surface area contributed by atoms with E-state index >= 15 is 0 Å². The summed E-state index contributed by atoms with van der Waals surface area (Å²) in [7, 11) is 0. The predicted octanol–water partition coefficient (Wildman–Crippen LogP) is 2.97. The number of rotatable bonds is 5. The monoisotopic (exact) mass is 289 g/mol. The zero-order chi connectivity index (χ0) is 15.6. The third-order valence-electron chi connectivity index (χ3n) is 3.82. The van der Waals surface area contributed by atoms with Gasteiger partial charge in [-0.25, -0.2) is 4.79 Å². The number of fused-ring (bicyclic) bond motifs is 1. The Morgan fingerprint density at radius 3 is 2.57 bits per heavy atom. The van der Waals surface area contributed by atoms with Gasteiger partial charge in [0.2, 0.25) is 0 Å². The van der Waals surface area contributed by atoms with Crippen molar-refractivity contribution in [3.63, 3.8) is 0 Å². The molecule has 21 heavy (non-hydrogen) atoms. The number of carboxylic acid groups (broad SMARTS) is 1. The first-order valence-electron chi connectivity index (χ1n) is 6.97. The van der Waals surface area contributed by atoms with Crippen LogP contribution in [-0.4, -0.2) is 23.0 Å². The Balaban J connectivity index is 2.29. The van der Waals surface area contributed by atoms with E-state index in [4.69, 9.17) is 4.42 Å². The number of amides is 1. The molecule has 5 nitrogen and oxygen atoms in total. The Labute approximate surface area is 122 Å². The highest BCUT2D eigenvalue weighted by Gasteiger charge is 2.28. The molecule has 0 bridgehead atoms. The minimum absolute atomic E-state index is 0.156. The van der Waals surface area contributed by atoms with Crippen LogP contribution in [0.1, 0.15) is 36.4 Å². The first-order chi connectivity index (χ1) is 9.95. The maximum atomic E-state index is 12.3. The molecule has 1 aromatic carbocycles. The van der Waals surface area contributed by atoms with Gasteiger partial charge in [-0.1, -0.05) is 38.5 Å². The van der Waals surface area contributed by atoms with Gasteiger partial charge in [-0.2, -0.15) is 0 Å². The lowest BCUT2D eigenvalue weighted by Crippen LogP contribution is -2.45. The molecule has 2 N–H and O–H groups in total. The molecule has 0 aliphatic heterocycles. The van der Waals surface area contributed by atoms with E-state index in [1.165, 1.54) is 0 Å². The second kappa shape index (κ2) is 5.99. The summed E-state index contributed by atoms with van der Waals surface area (Å²) >= 11 is 0. The number of carbonyl (C=O) groups is 2. The van der Waals surface area contributed by atoms with Crippen molar-refractivity contribution in [1.82, 2.24) is 5.32 Å². The van der Waals surface area contributed by atoms with Crippen LogP contribution in [0.15, 0.2) is 28.7 Å². The number of nitrogens with one attached hydrogen (secondary N) is 1. The van der Waals surface area contributed by atoms with Gasteiger partial charge in [-0.3, -0.25) is 4.79 Å². The molecular formula is C16H19NO4. The van der Waals surface area contributed by atoms with Crippen LogP contribution in [0, 0.1) is 12.8 Å². The van der Waals surface area contributed by atoms with Crippen molar-refractivity contribution in [1.29, 1.82) is 0 Å². The van der Waals surface area contributed by atoms with Crippen molar-refractivity contribution in [2.75, 3.05) is 0 Å². The maximum Gasteiger partial charge on any atom is 0.326 e. The van der Waals surface area contributed by atoms with Crippen LogP contribution in [0.4, 0.5) is 0 Å². The second-order valence-electron chi connectivity index (χ2n) is 5.23. The lowest BCUT2D eigenvalue weighted by atomic mass is 9.99. The van der Waals surface area contributed by atoms with Gasteiger partial charge in [0.25, 0.3) is 5.91 Å². The van der Waals surface area contributed by atoms with E-state index in [1.54, 1.807) is 19.9 Å². The van der Waals surface area contributed by atoms with E-state index in [2.05, 4.69) is 5.32 Å². The Morgan fingerprint density at radius 2 is 2.00 bits per heavy atom. The number of carbonyl (C=O) groups excluding carboxylic acids is 1. The number of carboxylic acids is 1. The van der Waals surface area contributed by atoms with Crippen molar-refractivity contribution in [2.24, 2.45) is 5.92 Å². The lowest BCUT2D eigenvalue weighted by Gasteiger charge is -2.19. The van der Waals surface area contributed by atoms with Crippen molar-refractivity contribution >= 4 is 22.8 Å². The molecule has 112 valence electrons. The normalized spacial score (nSPS) is 13.9. The van der Waals surface area contributed by atoms with Gasteiger partial charge in [0.05, 0.1) is 0 Å². The minimum atomic E-state index is -1.04. The molecule has 2 unspecified atom stereocenters. The van der Waals surface area contributed by atoms with E-state index in [-0.39, 0.29) is 11.7 Å². The summed E-state index contributed by atoms with van der Waals surface area (Å²) in [4.78, 5) is 23.6. The topological polar surface area (TPSA) is 79.5 Å². The zero-order valence-corrected chi connectivity index (χ0v) is 12.3. The predicted molar refractivity (Wildman–Crippen MR) is 79.3 cm³/mol. The fraction of sp³-hybridized carbons (Fsp3) is 0.375. The SMILES string of the molecule is CCC(C)C(NC(=O)c1oc2ccccc2c1C)C(=O)O. The third kappa shape index (κ3) is 2.91. The number of aliphatic carboxylic acids is 1. The highest BCUT2D eigenvalue weighted by atomic mass is 16.4. The maximum absolute atomic E-state index is 12.3. The van der Waals surface area contributed by atoms with Gasteiger partial charge >= 0.3 is 5.97 Å². The second-order valence-corrected chi connectivity index (χ2v) is 5.23. The fourth-order valence-electron chi connectivity index (χ4n) is 2.28. The third-order valence-corrected chi connectivity index (χ3v) is 3.82. The molecule has 5 heteroatoms. The van der Waals surface area contributed by atoms with E-state index in [1.807, 2.05) is 25.1 Å². The Hall–Kier alpha value is -2.30. The standard InChI is InChI=1S/C16H19NO4/c1-4-9(2)13(16(19)20)17-15(18)14-10(3)11-7-5-6-8-12(11)21-14/h5-9,13H,4H2,1-3H3,(H,17,18)(H,19,20). The van der Waals surface area contributed by atoms with Crippen LogP contribution in [-0.2, 0) is 4.79 Å². The Bertz CT molecular complexity index is 674. The summed E-state index contributed by atoms with van der Waals surface area (Å²) in [5.74, 6) is -1.51. The van der Waals surface area contributed by atoms with Crippen molar-refractivity contribution < 1.29 is 19.1 Å². The first kappa shape index (κ1) is 15.1. The zero-order valence-electron chi connectivity index (χ0n) is 12.3. The molecule has 2 aromatic rings. The molecule has 2 rings (SSSR count). The average molecular weight is 289 g/mol. The number of hydrogen-bond acceptors (Lipinski definition) is 3. The van der Waals surface area contributed by atoms with Crippen molar-refractivity contribution in [3.8, 4) is 0 Å². The summed E-state index contributed by atoms with van der Waals surface area (Å²) in [6.45, 7) is 5.48. The van der Waals surface area contributed by atoms with Gasteiger partial charge in [-0.05, 0) is 18.9 Å². The van der Waals surface area contributed by atoms with Crippen LogP contribution in [0.25, 0.3) is 11.0 Å². The van der Waals surface area contributed by atoms with Gasteiger partial charge in [-0.15, -0.1) is 0 Å². The van der Waals surface area contributed by atoms with Crippen LogP contribution < -0.4 is 5.32 Å². The van der Waals surface area contributed by atoms with E-state index in [9.17, 15) is 14.7 Å². The van der Waals surface area contributed by atoms with E-state index in [0.717, 1.165) is 10.9 Å². The van der Waals surface area contributed by atoms with Crippen molar-refractivity contribution in [3.05, 3.63) is 35.6 Å². The summed E-state index contributed by atoms with van der Waals surface area (Å²) in [5, 5.41) is 12.6. The van der Waals surface area contributed by atoms with Gasteiger partial charge in [0.15, 0.2) is 5.76 Å². The number of hydrogen-bond donors (Lipinski definition) is 2. The fourth-order valence-corrected chi connectivity index (χ4v) is 2.28. The molecule has 0 spiro atoms. The molecule has 0 radical (unpaired) electrons. The molecule has 0 aliphatic rings. The molecular weight excluding hydrogens is 270 g/mol. The molecule has 1 heterocycles. The lowest BCUT2D eigenvalue weighted by molar-refractivity contribution is -0.140. The number of para-hydroxylation sites is 1. The number of benzene rings is 1. The van der Waals surface area contributed by atoms with Crippen LogP contribution in [0.2, 0.25) is 0 Å². The highest BCUT2D eigenvalue weighted by molar-refractivity contribution is 6.00. The Kier molecular flexibility index (Phi) is 4.31. The summed E-state index contributed by atoms with van der Waals surface area (Å²) < 4.78 is 5.55. The molecule has 0 saturated carbocycles. The average Bonchev–Trinajstić information content (AvgIpc) is 2.81. The van der Waals surface area contributed by atoms with Gasteiger partial charge in [0.1, 0.15) is 11.6 Å². The summed E-state index contributed by atoms with van der Waals surface area (Å²) in [6, 6.07) is 6.42. The van der Waals surface area contributed by atoms with Crippen LogP contribution >= 0.6 is 0 Å². The van der Waals surface area contributed by atoms with Gasteiger partial charge < -0.3 is 14.8 Å². The summed E-state index contributed by atoms with van der Waals surface area (Å²) in [5.41, 5.74) is 1.34. The first-order valence-corrected chi connectivity index (χ1v) is 6.97. The highest BCUT2D eigenvalue weighted by Crippen LogP contribution is 2.25. The largest absolute Gasteiger partial charge is 0.480 e. The summed E-state index contributed by atoms with van der Waals surface area (Å²) in [6.07, 6.45) is 0.663. The minimum Gasteiger partial charge on any atom is -0.480 e. The molecule has 0 saturated heterocycles. The molecule has 0 aliphatic carbocycles. The van der Waals surface area contributed by atoms with Gasteiger partial charge in [0, 0.05) is 10.9 Å². The molecule has 1 amide bonds. The van der Waals surface area contributed by atoms with Crippen LogP contribution in [0.3, 0.4) is 0 Å². The molecule has 1 aromatic heterocycles. The number of aryl methyl sites for hydroxylation is 1. The van der Waals surface area contributed by atoms with Crippen molar-refractivity contribution in [2.45, 2.75) is 33.2 Å². The Morgan fingerprint density at radius 1 is 1.33 bits per heavy atom. The smallest absolute Gasteiger partial charge is 0.326 e. The number of furan rings is 1. The molecule has 2 atom stereocenters. The molecule has 0 fully saturated rings. The quantitative estimate of drug-likeness (QED) is 0.886. The van der Waals surface area contributed by atoms with E-state index in [0.29, 0.717) is 12.0 Å². The van der Waals surface area contributed by atoms with E-state index < -0.39 is 17.9 Å². The van der Waals surface area contributed by atoms with Crippen LogP contribution in [0.5, 0.6) is 0 Å².